The third-order valence-electron chi connectivity index (χ3n) is 2.79. The van der Waals surface area contributed by atoms with E-state index in [0.29, 0.717) is 0 Å². The van der Waals surface area contributed by atoms with Gasteiger partial charge in [-0.3, -0.25) is 0 Å². The minimum atomic E-state index is -3.76. The van der Waals surface area contributed by atoms with Crippen LogP contribution in [0.3, 0.4) is 0 Å². The van der Waals surface area contributed by atoms with Gasteiger partial charge in [0.05, 0.1) is 16.2 Å². The van der Waals surface area contributed by atoms with Gasteiger partial charge in [0, 0.05) is 0 Å². The van der Waals surface area contributed by atoms with E-state index in [1.54, 1.807) is 0 Å². The zero-order valence-electron chi connectivity index (χ0n) is 10.6. The second kappa shape index (κ2) is 5.61. The molecule has 0 amide bonds. The lowest BCUT2D eigenvalue weighted by Gasteiger charge is -2.06. The lowest BCUT2D eigenvalue weighted by molar-refractivity contribution is 0.0692. The molecule has 1 N–H and O–H groups in total. The van der Waals surface area contributed by atoms with Gasteiger partial charge >= 0.3 is 5.97 Å². The van der Waals surface area contributed by atoms with Gasteiger partial charge in [-0.15, -0.1) is 0 Å². The van der Waals surface area contributed by atoms with Crippen molar-refractivity contribution in [2.24, 2.45) is 0 Å². The molecule has 0 atom stereocenters. The highest BCUT2D eigenvalue weighted by Gasteiger charge is 2.17. The van der Waals surface area contributed by atoms with Crippen molar-refractivity contribution in [3.8, 4) is 0 Å². The molecule has 0 aromatic heterocycles. The first-order valence-electron chi connectivity index (χ1n) is 5.79. The number of carboxylic acids is 1. The number of hydrogen-bond donors (Lipinski definition) is 1. The monoisotopic (exact) mass is 312 g/mol. The maximum Gasteiger partial charge on any atom is 0.338 e. The van der Waals surface area contributed by atoms with Crippen LogP contribution in [-0.4, -0.2) is 19.5 Å². The summed E-state index contributed by atoms with van der Waals surface area (Å²) in [5, 5.41) is 8.70. The van der Waals surface area contributed by atoms with Gasteiger partial charge in [0.25, 0.3) is 0 Å². The average Bonchev–Trinajstić information content (AvgIpc) is 2.38. The second-order valence-electron chi connectivity index (χ2n) is 4.33. The molecule has 0 bridgehead atoms. The molecule has 21 heavy (non-hydrogen) atoms. The summed E-state index contributed by atoms with van der Waals surface area (Å²) in [7, 11) is -3.76. The quantitative estimate of drug-likeness (QED) is 0.881. The molecule has 7 heteroatoms. The van der Waals surface area contributed by atoms with E-state index >= 15 is 0 Å². The zero-order chi connectivity index (χ0) is 15.6. The van der Waals surface area contributed by atoms with Crippen LogP contribution in [0.5, 0.6) is 0 Å². The predicted molar refractivity (Wildman–Crippen MR) is 70.6 cm³/mol. The van der Waals surface area contributed by atoms with Crippen molar-refractivity contribution >= 4 is 15.8 Å². The number of hydrogen-bond acceptors (Lipinski definition) is 3. The van der Waals surface area contributed by atoms with Crippen LogP contribution in [0.15, 0.2) is 47.4 Å². The van der Waals surface area contributed by atoms with E-state index in [4.69, 9.17) is 5.11 Å². The SMILES string of the molecule is O=C(O)c1ccc(CS(=O)(=O)c2ccc(F)cc2)cc1F. The first-order valence-corrected chi connectivity index (χ1v) is 7.45. The van der Waals surface area contributed by atoms with Crippen LogP contribution in [0, 0.1) is 11.6 Å². The molecule has 2 aromatic carbocycles. The molecule has 0 unspecified atom stereocenters. The fourth-order valence-electron chi connectivity index (χ4n) is 1.77. The van der Waals surface area contributed by atoms with E-state index in [1.807, 2.05) is 0 Å². The number of carboxylic acid groups (broad SMARTS) is 1. The van der Waals surface area contributed by atoms with E-state index < -0.39 is 38.8 Å². The van der Waals surface area contributed by atoms with Crippen LogP contribution in [-0.2, 0) is 15.6 Å². The Morgan fingerprint density at radius 1 is 1.05 bits per heavy atom. The molecule has 0 fully saturated rings. The molecule has 0 saturated carbocycles. The first-order chi connectivity index (χ1) is 9.79. The van der Waals surface area contributed by atoms with E-state index in [1.165, 1.54) is 6.07 Å². The maximum atomic E-state index is 13.5. The molecule has 110 valence electrons. The van der Waals surface area contributed by atoms with Crippen molar-refractivity contribution in [1.29, 1.82) is 0 Å². The number of carbonyl (C=O) groups is 1. The Morgan fingerprint density at radius 3 is 2.19 bits per heavy atom. The number of sulfone groups is 1. The Kier molecular flexibility index (Phi) is 4.04. The summed E-state index contributed by atoms with van der Waals surface area (Å²) in [6.45, 7) is 0. The van der Waals surface area contributed by atoms with Crippen molar-refractivity contribution in [3.05, 3.63) is 65.2 Å². The van der Waals surface area contributed by atoms with Crippen LogP contribution in [0.25, 0.3) is 0 Å². The molecule has 2 rings (SSSR count). The van der Waals surface area contributed by atoms with Gasteiger partial charge in [0.2, 0.25) is 0 Å². The molecule has 0 saturated heterocycles. The summed E-state index contributed by atoms with van der Waals surface area (Å²) in [5.41, 5.74) is -0.417. The van der Waals surface area contributed by atoms with Crippen molar-refractivity contribution in [3.63, 3.8) is 0 Å². The summed E-state index contributed by atoms with van der Waals surface area (Å²) >= 11 is 0. The molecule has 0 aliphatic carbocycles. The highest BCUT2D eigenvalue weighted by molar-refractivity contribution is 7.90. The second-order valence-corrected chi connectivity index (χ2v) is 6.32. The molecule has 0 aliphatic rings. The fourth-order valence-corrected chi connectivity index (χ4v) is 3.10. The molecule has 0 aliphatic heterocycles. The number of benzene rings is 2. The molecular formula is C14H10F2O4S. The standard InChI is InChI=1S/C14H10F2O4S/c15-10-2-4-11(5-3-10)21(19,20)8-9-1-6-12(14(17)18)13(16)7-9/h1-7H,8H2,(H,17,18). The lowest BCUT2D eigenvalue weighted by atomic mass is 10.1. The smallest absolute Gasteiger partial charge is 0.338 e. The number of halogens is 2. The summed E-state index contributed by atoms with van der Waals surface area (Å²) in [6, 6.07) is 7.37. The zero-order valence-corrected chi connectivity index (χ0v) is 11.4. The maximum absolute atomic E-state index is 13.5. The summed E-state index contributed by atoms with van der Waals surface area (Å²) in [5.74, 6) is -3.50. The average molecular weight is 312 g/mol. The normalized spacial score (nSPS) is 11.3. The third kappa shape index (κ3) is 3.43. The van der Waals surface area contributed by atoms with Crippen molar-refractivity contribution < 1.29 is 27.1 Å². The Labute approximate surface area is 119 Å². The first kappa shape index (κ1) is 15.1. The largest absolute Gasteiger partial charge is 0.478 e. The minimum Gasteiger partial charge on any atom is -0.478 e. The summed E-state index contributed by atoms with van der Waals surface area (Å²) < 4.78 is 50.4. The molecule has 0 radical (unpaired) electrons. The van der Waals surface area contributed by atoms with Crippen molar-refractivity contribution in [2.45, 2.75) is 10.6 Å². The minimum absolute atomic E-state index is 0.0911. The van der Waals surface area contributed by atoms with Gasteiger partial charge in [0.1, 0.15) is 11.6 Å². The van der Waals surface area contributed by atoms with E-state index in [9.17, 15) is 22.0 Å². The molecule has 2 aromatic rings. The van der Waals surface area contributed by atoms with Gasteiger partial charge < -0.3 is 5.11 Å². The van der Waals surface area contributed by atoms with Gasteiger partial charge in [-0.1, -0.05) is 6.07 Å². The van der Waals surface area contributed by atoms with Crippen LogP contribution >= 0.6 is 0 Å². The number of rotatable bonds is 4. The Balaban J connectivity index is 2.31. The van der Waals surface area contributed by atoms with Gasteiger partial charge in [-0.05, 0) is 42.0 Å². The topological polar surface area (TPSA) is 71.4 Å². The predicted octanol–water partition coefficient (Wildman–Crippen LogP) is 2.64. The van der Waals surface area contributed by atoms with Gasteiger partial charge in [-0.2, -0.15) is 0 Å². The summed E-state index contributed by atoms with van der Waals surface area (Å²) in [6.07, 6.45) is 0. The molecule has 0 spiro atoms. The highest BCUT2D eigenvalue weighted by Crippen LogP contribution is 2.19. The van der Waals surface area contributed by atoms with Gasteiger partial charge in [-0.25, -0.2) is 22.0 Å². The van der Waals surface area contributed by atoms with E-state index in [0.717, 1.165) is 36.4 Å². The molecular weight excluding hydrogens is 302 g/mol. The van der Waals surface area contributed by atoms with Crippen molar-refractivity contribution in [2.75, 3.05) is 0 Å². The Morgan fingerprint density at radius 2 is 1.67 bits per heavy atom. The highest BCUT2D eigenvalue weighted by atomic mass is 32.2. The van der Waals surface area contributed by atoms with Crippen LogP contribution < -0.4 is 0 Å². The molecule has 0 heterocycles. The Bertz CT molecular complexity index is 783. The molecule has 4 nitrogen and oxygen atoms in total. The van der Waals surface area contributed by atoms with E-state index in [2.05, 4.69) is 0 Å². The Hall–Kier alpha value is -2.28. The van der Waals surface area contributed by atoms with Gasteiger partial charge in [0.15, 0.2) is 9.84 Å². The van der Waals surface area contributed by atoms with Crippen LogP contribution in [0.1, 0.15) is 15.9 Å². The van der Waals surface area contributed by atoms with Crippen molar-refractivity contribution in [1.82, 2.24) is 0 Å². The fraction of sp³-hybridized carbons (Fsp3) is 0.0714. The van der Waals surface area contributed by atoms with Crippen LogP contribution in [0.2, 0.25) is 0 Å². The van der Waals surface area contributed by atoms with E-state index in [-0.39, 0.29) is 10.5 Å². The third-order valence-corrected chi connectivity index (χ3v) is 4.50. The summed E-state index contributed by atoms with van der Waals surface area (Å²) in [4.78, 5) is 10.6. The van der Waals surface area contributed by atoms with Crippen LogP contribution in [0.4, 0.5) is 8.78 Å². The lowest BCUT2D eigenvalue weighted by Crippen LogP contribution is -2.07. The number of aromatic carboxylic acids is 1.